The van der Waals surface area contributed by atoms with Crippen molar-refractivity contribution < 1.29 is 0 Å². The third kappa shape index (κ3) is 2.35. The first-order valence-corrected chi connectivity index (χ1v) is 7.74. The molecular formula is C17H20N4. The standard InChI is InChI=1S/C17H20N4/c1-21-11-14(9-20-21)16-10-19-17-15(16)7-13(8-18-17)6-12-4-2-3-5-12/h7-12H,2-6H2,1H3,(H,18,19). The number of H-pyrrole nitrogens is 1. The quantitative estimate of drug-likeness (QED) is 0.795. The molecule has 1 N–H and O–H groups in total. The maximum atomic E-state index is 4.59. The second-order valence-electron chi connectivity index (χ2n) is 6.20. The van der Waals surface area contributed by atoms with Crippen molar-refractivity contribution in [3.05, 3.63) is 36.4 Å². The highest BCUT2D eigenvalue weighted by atomic mass is 15.2. The number of nitrogens with zero attached hydrogens (tertiary/aromatic N) is 3. The minimum Gasteiger partial charge on any atom is -0.346 e. The molecule has 4 nitrogen and oxygen atoms in total. The van der Waals surface area contributed by atoms with E-state index in [1.54, 1.807) is 0 Å². The zero-order valence-electron chi connectivity index (χ0n) is 12.3. The largest absolute Gasteiger partial charge is 0.346 e. The molecule has 1 aliphatic rings. The van der Waals surface area contributed by atoms with Gasteiger partial charge in [-0.2, -0.15) is 5.10 Å². The maximum Gasteiger partial charge on any atom is 0.137 e. The van der Waals surface area contributed by atoms with Crippen LogP contribution in [0.2, 0.25) is 0 Å². The lowest BCUT2D eigenvalue weighted by molar-refractivity contribution is 0.546. The van der Waals surface area contributed by atoms with Crippen molar-refractivity contribution >= 4 is 11.0 Å². The zero-order chi connectivity index (χ0) is 14.2. The lowest BCUT2D eigenvalue weighted by Crippen LogP contribution is -1.99. The van der Waals surface area contributed by atoms with E-state index in [1.807, 2.05) is 36.5 Å². The Morgan fingerprint density at radius 1 is 1.29 bits per heavy atom. The molecule has 21 heavy (non-hydrogen) atoms. The average Bonchev–Trinajstić information content (AvgIpc) is 3.19. The number of rotatable bonds is 3. The van der Waals surface area contributed by atoms with Crippen LogP contribution in [-0.2, 0) is 13.5 Å². The van der Waals surface area contributed by atoms with Crippen molar-refractivity contribution in [2.24, 2.45) is 13.0 Å². The summed E-state index contributed by atoms with van der Waals surface area (Å²) in [4.78, 5) is 7.86. The Balaban J connectivity index is 1.71. The minimum atomic E-state index is 0.852. The number of hydrogen-bond acceptors (Lipinski definition) is 2. The highest BCUT2D eigenvalue weighted by molar-refractivity contribution is 5.93. The average molecular weight is 280 g/mol. The molecule has 3 aromatic heterocycles. The zero-order valence-corrected chi connectivity index (χ0v) is 12.3. The summed E-state index contributed by atoms with van der Waals surface area (Å²) in [6.45, 7) is 0. The molecular weight excluding hydrogens is 260 g/mol. The first-order chi connectivity index (χ1) is 10.3. The van der Waals surface area contributed by atoms with Gasteiger partial charge in [-0.05, 0) is 24.0 Å². The smallest absolute Gasteiger partial charge is 0.137 e. The maximum absolute atomic E-state index is 4.59. The Morgan fingerprint density at radius 3 is 2.90 bits per heavy atom. The van der Waals surface area contributed by atoms with Crippen LogP contribution in [0.1, 0.15) is 31.2 Å². The third-order valence-electron chi connectivity index (χ3n) is 4.60. The molecule has 3 aromatic rings. The molecule has 1 saturated carbocycles. The molecule has 0 unspecified atom stereocenters. The Hall–Kier alpha value is -2.10. The number of aromatic amines is 1. The van der Waals surface area contributed by atoms with Crippen molar-refractivity contribution in [3.8, 4) is 11.1 Å². The molecule has 0 radical (unpaired) electrons. The van der Waals surface area contributed by atoms with Crippen molar-refractivity contribution in [2.75, 3.05) is 0 Å². The van der Waals surface area contributed by atoms with Crippen molar-refractivity contribution in [2.45, 2.75) is 32.1 Å². The molecule has 0 bridgehead atoms. The summed E-state index contributed by atoms with van der Waals surface area (Å²) >= 11 is 0. The van der Waals surface area contributed by atoms with Gasteiger partial charge in [0.05, 0.1) is 6.20 Å². The fraction of sp³-hybridized carbons (Fsp3) is 0.412. The fourth-order valence-corrected chi connectivity index (χ4v) is 3.51. The normalized spacial score (nSPS) is 16.0. The van der Waals surface area contributed by atoms with Gasteiger partial charge in [0.25, 0.3) is 0 Å². The van der Waals surface area contributed by atoms with Crippen LogP contribution in [0.5, 0.6) is 0 Å². The van der Waals surface area contributed by atoms with E-state index in [0.717, 1.165) is 17.1 Å². The van der Waals surface area contributed by atoms with Gasteiger partial charge in [0, 0.05) is 42.2 Å². The molecule has 0 amide bonds. The van der Waals surface area contributed by atoms with Gasteiger partial charge in [0.1, 0.15) is 5.65 Å². The van der Waals surface area contributed by atoms with Gasteiger partial charge in [-0.15, -0.1) is 0 Å². The Bertz CT molecular complexity index is 762. The molecule has 3 heterocycles. The fourth-order valence-electron chi connectivity index (χ4n) is 3.51. The van der Waals surface area contributed by atoms with Gasteiger partial charge in [0.15, 0.2) is 0 Å². The Morgan fingerprint density at radius 2 is 2.14 bits per heavy atom. The molecule has 108 valence electrons. The SMILES string of the molecule is Cn1cc(-c2c[nH]c3ncc(CC4CCCC4)cc23)cn1. The van der Waals surface area contributed by atoms with Crippen LogP contribution < -0.4 is 0 Å². The number of fused-ring (bicyclic) bond motifs is 1. The molecule has 0 spiro atoms. The molecule has 4 rings (SSSR count). The van der Waals surface area contributed by atoms with Gasteiger partial charge < -0.3 is 4.98 Å². The summed E-state index contributed by atoms with van der Waals surface area (Å²) in [6.07, 6.45) is 14.7. The monoisotopic (exact) mass is 280 g/mol. The summed E-state index contributed by atoms with van der Waals surface area (Å²) in [6, 6.07) is 2.31. The van der Waals surface area contributed by atoms with Crippen LogP contribution >= 0.6 is 0 Å². The molecule has 4 heteroatoms. The van der Waals surface area contributed by atoms with E-state index in [2.05, 4.69) is 21.1 Å². The van der Waals surface area contributed by atoms with Gasteiger partial charge >= 0.3 is 0 Å². The van der Waals surface area contributed by atoms with Gasteiger partial charge in [-0.25, -0.2) is 4.98 Å². The number of nitrogens with one attached hydrogen (secondary N) is 1. The number of aromatic nitrogens is 4. The number of pyridine rings is 1. The Kier molecular flexibility index (Phi) is 3.02. The summed E-state index contributed by atoms with van der Waals surface area (Å²) in [7, 11) is 1.95. The number of aryl methyl sites for hydroxylation is 1. The Labute approximate surface area is 124 Å². The molecule has 1 fully saturated rings. The predicted octanol–water partition coefficient (Wildman–Crippen LogP) is 3.70. The van der Waals surface area contributed by atoms with Crippen LogP contribution in [0.15, 0.2) is 30.9 Å². The van der Waals surface area contributed by atoms with Gasteiger partial charge in [0.2, 0.25) is 0 Å². The molecule has 0 atom stereocenters. The van der Waals surface area contributed by atoms with E-state index in [0.29, 0.717) is 0 Å². The van der Waals surface area contributed by atoms with Gasteiger partial charge in [-0.1, -0.05) is 25.7 Å². The summed E-state index contributed by atoms with van der Waals surface area (Å²) in [5.74, 6) is 0.852. The summed E-state index contributed by atoms with van der Waals surface area (Å²) < 4.78 is 1.84. The summed E-state index contributed by atoms with van der Waals surface area (Å²) in [5.41, 5.74) is 4.66. The topological polar surface area (TPSA) is 46.5 Å². The first kappa shape index (κ1) is 12.6. The van der Waals surface area contributed by atoms with E-state index < -0.39 is 0 Å². The second-order valence-corrected chi connectivity index (χ2v) is 6.20. The molecule has 1 aliphatic carbocycles. The minimum absolute atomic E-state index is 0.852. The predicted molar refractivity (Wildman–Crippen MR) is 84.0 cm³/mol. The third-order valence-corrected chi connectivity index (χ3v) is 4.60. The molecule has 0 aromatic carbocycles. The summed E-state index contributed by atoms with van der Waals surface area (Å²) in [5, 5.41) is 5.47. The highest BCUT2D eigenvalue weighted by Gasteiger charge is 2.16. The second kappa shape index (κ2) is 5.02. The van der Waals surface area contributed by atoms with E-state index in [-0.39, 0.29) is 0 Å². The van der Waals surface area contributed by atoms with Crippen LogP contribution in [0.25, 0.3) is 22.2 Å². The van der Waals surface area contributed by atoms with Crippen molar-refractivity contribution in [1.82, 2.24) is 19.7 Å². The lowest BCUT2D eigenvalue weighted by atomic mass is 9.98. The van der Waals surface area contributed by atoms with Crippen molar-refractivity contribution in [3.63, 3.8) is 0 Å². The van der Waals surface area contributed by atoms with Gasteiger partial charge in [-0.3, -0.25) is 4.68 Å². The highest BCUT2D eigenvalue weighted by Crippen LogP contribution is 2.31. The van der Waals surface area contributed by atoms with Crippen LogP contribution in [0.4, 0.5) is 0 Å². The lowest BCUT2D eigenvalue weighted by Gasteiger charge is -2.08. The van der Waals surface area contributed by atoms with E-state index >= 15 is 0 Å². The van der Waals surface area contributed by atoms with E-state index in [4.69, 9.17) is 0 Å². The van der Waals surface area contributed by atoms with E-state index in [1.165, 1.54) is 48.6 Å². The first-order valence-electron chi connectivity index (χ1n) is 7.74. The van der Waals surface area contributed by atoms with E-state index in [9.17, 15) is 0 Å². The van der Waals surface area contributed by atoms with Crippen LogP contribution in [0.3, 0.4) is 0 Å². The number of hydrogen-bond donors (Lipinski definition) is 1. The van der Waals surface area contributed by atoms with Crippen molar-refractivity contribution in [1.29, 1.82) is 0 Å². The van der Waals surface area contributed by atoms with Crippen LogP contribution in [-0.4, -0.2) is 19.7 Å². The molecule has 0 saturated heterocycles. The molecule has 0 aliphatic heterocycles. The van der Waals surface area contributed by atoms with Crippen LogP contribution in [0, 0.1) is 5.92 Å².